The summed E-state index contributed by atoms with van der Waals surface area (Å²) in [6.45, 7) is 1.90. The number of aromatic nitrogens is 2. The first-order chi connectivity index (χ1) is 9.65. The van der Waals surface area contributed by atoms with E-state index >= 15 is 0 Å². The number of phenolic OH excluding ortho intramolecular Hbond substituents is 1. The van der Waals surface area contributed by atoms with Crippen molar-refractivity contribution in [2.45, 2.75) is 6.92 Å². The Morgan fingerprint density at radius 3 is 2.90 bits per heavy atom. The first-order valence-electron chi connectivity index (χ1n) is 6.12. The molecule has 0 aliphatic carbocycles. The van der Waals surface area contributed by atoms with Crippen molar-refractivity contribution in [1.82, 2.24) is 9.66 Å². The third-order valence-corrected chi connectivity index (χ3v) is 3.49. The monoisotopic (exact) mass is 329 g/mol. The Balaban J connectivity index is 2.06. The molecule has 2 aromatic carbocycles. The second-order valence-corrected chi connectivity index (χ2v) is 5.32. The molecule has 0 unspecified atom stereocenters. The van der Waals surface area contributed by atoms with E-state index in [1.165, 1.54) is 0 Å². The number of rotatable bonds is 2. The molecule has 0 aliphatic heterocycles. The molecule has 1 aromatic heterocycles. The number of aromatic hydroxyl groups is 1. The van der Waals surface area contributed by atoms with E-state index in [2.05, 4.69) is 26.0 Å². The molecule has 0 spiro atoms. The number of hydrogen-bond donors (Lipinski definition) is 1. The molecule has 1 heterocycles. The first-order valence-corrected chi connectivity index (χ1v) is 6.91. The number of hydrogen-bond acceptors (Lipinski definition) is 3. The van der Waals surface area contributed by atoms with Gasteiger partial charge in [0, 0.05) is 10.0 Å². The van der Waals surface area contributed by atoms with Gasteiger partial charge in [-0.3, -0.25) is 0 Å². The number of fused-ring (bicyclic) bond motifs is 1. The summed E-state index contributed by atoms with van der Waals surface area (Å²) in [6.07, 6.45) is 1.63. The fourth-order valence-electron chi connectivity index (χ4n) is 2.03. The number of benzene rings is 2. The summed E-state index contributed by atoms with van der Waals surface area (Å²) in [6, 6.07) is 13.0. The van der Waals surface area contributed by atoms with Crippen LogP contribution in [0.1, 0.15) is 11.4 Å². The van der Waals surface area contributed by atoms with Crippen LogP contribution in [0.5, 0.6) is 5.75 Å². The Morgan fingerprint density at radius 2 is 2.05 bits per heavy atom. The smallest absolute Gasteiger partial charge is 0.128 e. The summed E-state index contributed by atoms with van der Waals surface area (Å²) in [5.74, 6) is 0.996. The lowest BCUT2D eigenvalue weighted by Crippen LogP contribution is -1.94. The van der Waals surface area contributed by atoms with Crippen molar-refractivity contribution in [3.05, 3.63) is 58.3 Å². The highest BCUT2D eigenvalue weighted by molar-refractivity contribution is 9.10. The molecule has 3 aromatic rings. The maximum absolute atomic E-state index is 9.81. The molecule has 0 fully saturated rings. The molecule has 0 atom stereocenters. The molecule has 5 heteroatoms. The van der Waals surface area contributed by atoms with Crippen molar-refractivity contribution in [3.63, 3.8) is 0 Å². The Labute approximate surface area is 124 Å². The standard InChI is InChI=1S/C15H12BrN3O/c1-10-18-13-4-2-3-5-14(13)19(10)17-9-11-8-12(16)6-7-15(11)20/h2-9,20H,1H3/b17-9+. The molecule has 20 heavy (non-hydrogen) atoms. The van der Waals surface area contributed by atoms with E-state index in [4.69, 9.17) is 0 Å². The molecule has 0 amide bonds. The minimum absolute atomic E-state index is 0.194. The number of imidazole rings is 1. The normalized spacial score (nSPS) is 11.5. The first kappa shape index (κ1) is 12.9. The molecule has 3 rings (SSSR count). The molecule has 1 N–H and O–H groups in total. The lowest BCUT2D eigenvalue weighted by molar-refractivity contribution is 0.474. The van der Waals surface area contributed by atoms with Crippen molar-refractivity contribution in [2.75, 3.05) is 0 Å². The summed E-state index contributed by atoms with van der Waals surface area (Å²) in [5.41, 5.74) is 2.49. The molecule has 0 aliphatic rings. The van der Waals surface area contributed by atoms with Gasteiger partial charge in [0.2, 0.25) is 0 Å². The fraction of sp³-hybridized carbons (Fsp3) is 0.0667. The summed E-state index contributed by atoms with van der Waals surface area (Å²) >= 11 is 3.38. The highest BCUT2D eigenvalue weighted by atomic mass is 79.9. The van der Waals surface area contributed by atoms with Gasteiger partial charge in [0.05, 0.1) is 17.2 Å². The van der Waals surface area contributed by atoms with Crippen LogP contribution in [-0.4, -0.2) is 21.0 Å². The van der Waals surface area contributed by atoms with E-state index in [-0.39, 0.29) is 5.75 Å². The van der Waals surface area contributed by atoms with Crippen LogP contribution in [0.15, 0.2) is 52.0 Å². The largest absolute Gasteiger partial charge is 0.507 e. The van der Waals surface area contributed by atoms with Crippen LogP contribution >= 0.6 is 15.9 Å². The van der Waals surface area contributed by atoms with Gasteiger partial charge in [-0.05, 0) is 37.3 Å². The Hall–Kier alpha value is -2.14. The molecular weight excluding hydrogens is 318 g/mol. The highest BCUT2D eigenvalue weighted by Gasteiger charge is 2.05. The minimum atomic E-state index is 0.194. The van der Waals surface area contributed by atoms with E-state index in [1.54, 1.807) is 23.0 Å². The Bertz CT molecular complexity index is 808. The third kappa shape index (κ3) is 2.32. The van der Waals surface area contributed by atoms with E-state index in [9.17, 15) is 5.11 Å². The molecular formula is C15H12BrN3O. The molecule has 0 bridgehead atoms. The second kappa shape index (κ2) is 5.09. The number of halogens is 1. The summed E-state index contributed by atoms with van der Waals surface area (Å²) in [7, 11) is 0. The quantitative estimate of drug-likeness (QED) is 0.729. The van der Waals surface area contributed by atoms with Gasteiger partial charge in [-0.25, -0.2) is 9.66 Å². The molecule has 0 radical (unpaired) electrons. The van der Waals surface area contributed by atoms with Gasteiger partial charge in [-0.15, -0.1) is 0 Å². The number of phenols is 1. The van der Waals surface area contributed by atoms with Gasteiger partial charge < -0.3 is 5.11 Å². The van der Waals surface area contributed by atoms with Crippen molar-refractivity contribution in [1.29, 1.82) is 0 Å². The maximum atomic E-state index is 9.81. The second-order valence-electron chi connectivity index (χ2n) is 4.41. The van der Waals surface area contributed by atoms with Crippen LogP contribution in [-0.2, 0) is 0 Å². The minimum Gasteiger partial charge on any atom is -0.507 e. The van der Waals surface area contributed by atoms with E-state index < -0.39 is 0 Å². The summed E-state index contributed by atoms with van der Waals surface area (Å²) in [5, 5.41) is 14.2. The van der Waals surface area contributed by atoms with Crippen LogP contribution in [0.25, 0.3) is 11.0 Å². The zero-order valence-electron chi connectivity index (χ0n) is 10.8. The van der Waals surface area contributed by atoms with Gasteiger partial charge in [-0.1, -0.05) is 28.1 Å². The Morgan fingerprint density at radius 1 is 1.25 bits per heavy atom. The van der Waals surface area contributed by atoms with Gasteiger partial charge >= 0.3 is 0 Å². The van der Waals surface area contributed by atoms with Crippen LogP contribution < -0.4 is 0 Å². The Kier molecular flexibility index (Phi) is 3.28. The average molecular weight is 330 g/mol. The fourth-order valence-corrected chi connectivity index (χ4v) is 2.41. The molecule has 4 nitrogen and oxygen atoms in total. The SMILES string of the molecule is Cc1nc2ccccc2n1/N=C/c1cc(Br)ccc1O. The van der Waals surface area contributed by atoms with Gasteiger partial charge in [0.15, 0.2) is 0 Å². The number of aryl methyl sites for hydroxylation is 1. The van der Waals surface area contributed by atoms with Gasteiger partial charge in [-0.2, -0.15) is 5.10 Å². The number of nitrogens with zero attached hydrogens (tertiary/aromatic N) is 3. The van der Waals surface area contributed by atoms with Crippen molar-refractivity contribution < 1.29 is 5.11 Å². The zero-order chi connectivity index (χ0) is 14.1. The van der Waals surface area contributed by atoms with Crippen molar-refractivity contribution >= 4 is 33.2 Å². The maximum Gasteiger partial charge on any atom is 0.128 e. The lowest BCUT2D eigenvalue weighted by Gasteiger charge is -2.01. The lowest BCUT2D eigenvalue weighted by atomic mass is 10.2. The molecule has 100 valence electrons. The van der Waals surface area contributed by atoms with E-state index in [0.717, 1.165) is 21.3 Å². The summed E-state index contributed by atoms with van der Waals surface area (Å²) in [4.78, 5) is 4.44. The average Bonchev–Trinajstić information content (AvgIpc) is 2.75. The van der Waals surface area contributed by atoms with Crippen molar-refractivity contribution in [3.8, 4) is 5.75 Å². The topological polar surface area (TPSA) is 50.4 Å². The van der Waals surface area contributed by atoms with Crippen LogP contribution in [0.4, 0.5) is 0 Å². The molecule has 0 saturated carbocycles. The summed E-state index contributed by atoms with van der Waals surface area (Å²) < 4.78 is 2.65. The predicted molar refractivity (Wildman–Crippen MR) is 83.3 cm³/mol. The predicted octanol–water partition coefficient (Wildman–Crippen LogP) is 3.70. The number of para-hydroxylation sites is 2. The molecule has 0 saturated heterocycles. The van der Waals surface area contributed by atoms with Crippen LogP contribution in [0.2, 0.25) is 0 Å². The van der Waals surface area contributed by atoms with E-state index in [1.807, 2.05) is 37.3 Å². The third-order valence-electron chi connectivity index (χ3n) is 3.00. The van der Waals surface area contributed by atoms with Crippen LogP contribution in [0, 0.1) is 6.92 Å². The van der Waals surface area contributed by atoms with Gasteiger partial charge in [0.1, 0.15) is 11.6 Å². The van der Waals surface area contributed by atoms with Gasteiger partial charge in [0.25, 0.3) is 0 Å². The highest BCUT2D eigenvalue weighted by Crippen LogP contribution is 2.21. The zero-order valence-corrected chi connectivity index (χ0v) is 12.4. The van der Waals surface area contributed by atoms with Crippen LogP contribution in [0.3, 0.4) is 0 Å². The van der Waals surface area contributed by atoms with E-state index in [0.29, 0.717) is 5.56 Å². The van der Waals surface area contributed by atoms with Crippen molar-refractivity contribution in [2.24, 2.45) is 5.10 Å².